The van der Waals surface area contributed by atoms with Crippen LogP contribution in [0.25, 0.3) is 0 Å². The average molecular weight is 345 g/mol. The van der Waals surface area contributed by atoms with Gasteiger partial charge in [-0.2, -0.15) is 0 Å². The summed E-state index contributed by atoms with van der Waals surface area (Å²) in [5, 5.41) is 3.24. The van der Waals surface area contributed by atoms with Crippen molar-refractivity contribution in [3.8, 4) is 0 Å². The number of ether oxygens (including phenoxy) is 1. The van der Waals surface area contributed by atoms with Crippen molar-refractivity contribution in [2.24, 2.45) is 0 Å². The smallest absolute Gasteiger partial charge is 0.410 e. The van der Waals surface area contributed by atoms with E-state index < -0.39 is 11.4 Å². The number of halogens is 2. The van der Waals surface area contributed by atoms with E-state index in [-0.39, 0.29) is 11.1 Å². The molecular formula is C17H26ClFN2O2. The first-order chi connectivity index (χ1) is 10.7. The fourth-order valence-corrected chi connectivity index (χ4v) is 2.21. The van der Waals surface area contributed by atoms with Crippen LogP contribution in [0.5, 0.6) is 0 Å². The van der Waals surface area contributed by atoms with E-state index in [1.54, 1.807) is 17.0 Å². The predicted molar refractivity (Wildman–Crippen MR) is 91.2 cm³/mol. The number of hydrogen-bond acceptors (Lipinski definition) is 3. The van der Waals surface area contributed by atoms with E-state index in [4.69, 9.17) is 16.3 Å². The van der Waals surface area contributed by atoms with Crippen LogP contribution in [0.4, 0.5) is 9.18 Å². The van der Waals surface area contributed by atoms with Crippen LogP contribution in [-0.2, 0) is 11.3 Å². The molecular weight excluding hydrogens is 319 g/mol. The third kappa shape index (κ3) is 7.18. The molecule has 0 saturated heterocycles. The summed E-state index contributed by atoms with van der Waals surface area (Å²) in [6.45, 7) is 9.57. The zero-order valence-electron chi connectivity index (χ0n) is 14.3. The molecule has 23 heavy (non-hydrogen) atoms. The van der Waals surface area contributed by atoms with Crippen LogP contribution in [0.2, 0.25) is 5.02 Å². The number of nitrogens with zero attached hydrogens (tertiary/aromatic N) is 1. The van der Waals surface area contributed by atoms with Crippen molar-refractivity contribution < 1.29 is 13.9 Å². The summed E-state index contributed by atoms with van der Waals surface area (Å²) < 4.78 is 19.2. The number of carbonyl (C=O) groups excluding carboxylic acids is 1. The van der Waals surface area contributed by atoms with Crippen LogP contribution < -0.4 is 5.32 Å². The lowest BCUT2D eigenvalue weighted by atomic mass is 10.2. The molecule has 1 rings (SSSR count). The average Bonchev–Trinajstić information content (AvgIpc) is 2.44. The van der Waals surface area contributed by atoms with Crippen LogP contribution in [0.1, 0.15) is 39.7 Å². The molecule has 0 aliphatic rings. The largest absolute Gasteiger partial charge is 0.444 e. The highest BCUT2D eigenvalue weighted by Gasteiger charge is 2.21. The third-order valence-corrected chi connectivity index (χ3v) is 3.34. The minimum absolute atomic E-state index is 0.116. The molecule has 0 radical (unpaired) electrons. The van der Waals surface area contributed by atoms with Crippen LogP contribution in [0.15, 0.2) is 18.2 Å². The molecule has 0 unspecified atom stereocenters. The maximum atomic E-state index is 13.8. The van der Waals surface area contributed by atoms with Gasteiger partial charge < -0.3 is 15.0 Å². The molecule has 0 fully saturated rings. The Labute approximate surface area is 142 Å². The van der Waals surface area contributed by atoms with Gasteiger partial charge in [-0.1, -0.05) is 30.7 Å². The van der Waals surface area contributed by atoms with Crippen molar-refractivity contribution in [2.45, 2.75) is 46.3 Å². The van der Waals surface area contributed by atoms with Crippen LogP contribution in [-0.4, -0.2) is 36.2 Å². The van der Waals surface area contributed by atoms with E-state index in [0.717, 1.165) is 6.42 Å². The molecule has 1 aromatic rings. The molecule has 0 aliphatic carbocycles. The van der Waals surface area contributed by atoms with E-state index in [0.29, 0.717) is 31.7 Å². The van der Waals surface area contributed by atoms with Crippen molar-refractivity contribution in [1.29, 1.82) is 0 Å². The highest BCUT2D eigenvalue weighted by Crippen LogP contribution is 2.17. The summed E-state index contributed by atoms with van der Waals surface area (Å²) in [6.07, 6.45) is 0.525. The molecule has 0 aromatic heterocycles. The summed E-state index contributed by atoms with van der Waals surface area (Å²) in [4.78, 5) is 13.8. The van der Waals surface area contributed by atoms with Gasteiger partial charge in [0.05, 0.1) is 5.02 Å². The van der Waals surface area contributed by atoms with Gasteiger partial charge in [0.25, 0.3) is 0 Å². The molecule has 130 valence electrons. The second-order valence-electron chi connectivity index (χ2n) is 6.36. The van der Waals surface area contributed by atoms with Crippen molar-refractivity contribution >= 4 is 17.7 Å². The lowest BCUT2D eigenvalue weighted by Crippen LogP contribution is -2.40. The number of nitrogens with one attached hydrogen (secondary N) is 1. The maximum Gasteiger partial charge on any atom is 0.410 e. The monoisotopic (exact) mass is 344 g/mol. The fourth-order valence-electron chi connectivity index (χ4n) is 2.01. The Bertz CT molecular complexity index is 518. The van der Waals surface area contributed by atoms with Gasteiger partial charge in [0.1, 0.15) is 11.4 Å². The standard InChI is InChI=1S/C17H26ClFN2O2/c1-5-10-21(16(22)23-17(2,3)4)11-9-20-12-13-7-6-8-14(18)15(13)19/h6-8,20H,5,9-12H2,1-4H3. The molecule has 1 amide bonds. The van der Waals surface area contributed by atoms with Crippen molar-refractivity contribution in [1.82, 2.24) is 10.2 Å². The predicted octanol–water partition coefficient (Wildman–Crippen LogP) is 4.22. The molecule has 0 atom stereocenters. The molecule has 0 heterocycles. The fraction of sp³-hybridized carbons (Fsp3) is 0.588. The lowest BCUT2D eigenvalue weighted by Gasteiger charge is -2.27. The first-order valence-corrected chi connectivity index (χ1v) is 8.24. The number of carbonyl (C=O) groups is 1. The van der Waals surface area contributed by atoms with Gasteiger partial charge in [0.2, 0.25) is 0 Å². The molecule has 1 N–H and O–H groups in total. The van der Waals surface area contributed by atoms with Crippen molar-refractivity contribution in [3.63, 3.8) is 0 Å². The van der Waals surface area contributed by atoms with E-state index >= 15 is 0 Å². The number of amides is 1. The van der Waals surface area contributed by atoms with Gasteiger partial charge in [-0.25, -0.2) is 9.18 Å². The van der Waals surface area contributed by atoms with Crippen LogP contribution >= 0.6 is 11.6 Å². The second-order valence-corrected chi connectivity index (χ2v) is 6.76. The van der Waals surface area contributed by atoms with E-state index in [1.807, 2.05) is 27.7 Å². The molecule has 0 aliphatic heterocycles. The zero-order chi connectivity index (χ0) is 17.5. The Balaban J connectivity index is 2.47. The van der Waals surface area contributed by atoms with E-state index in [9.17, 15) is 9.18 Å². The Hall–Kier alpha value is -1.33. The van der Waals surface area contributed by atoms with E-state index in [1.165, 1.54) is 6.07 Å². The first kappa shape index (κ1) is 19.7. The van der Waals surface area contributed by atoms with Gasteiger partial charge >= 0.3 is 6.09 Å². The number of hydrogen-bond donors (Lipinski definition) is 1. The molecule has 0 spiro atoms. The molecule has 0 bridgehead atoms. The summed E-state index contributed by atoms with van der Waals surface area (Å²) in [6, 6.07) is 4.92. The van der Waals surface area contributed by atoms with Gasteiger partial charge in [-0.3, -0.25) is 0 Å². The zero-order valence-corrected chi connectivity index (χ0v) is 15.0. The minimum Gasteiger partial charge on any atom is -0.444 e. The lowest BCUT2D eigenvalue weighted by molar-refractivity contribution is 0.0252. The highest BCUT2D eigenvalue weighted by atomic mass is 35.5. The van der Waals surface area contributed by atoms with Crippen LogP contribution in [0, 0.1) is 5.82 Å². The second kappa shape index (κ2) is 9.08. The van der Waals surface area contributed by atoms with Crippen molar-refractivity contribution in [2.75, 3.05) is 19.6 Å². The Kier molecular flexibility index (Phi) is 7.79. The summed E-state index contributed by atoms with van der Waals surface area (Å²) >= 11 is 5.75. The van der Waals surface area contributed by atoms with Gasteiger partial charge in [-0.05, 0) is 33.3 Å². The first-order valence-electron chi connectivity index (χ1n) is 7.86. The van der Waals surface area contributed by atoms with Gasteiger partial charge in [0.15, 0.2) is 0 Å². The Morgan fingerprint density at radius 1 is 1.35 bits per heavy atom. The topological polar surface area (TPSA) is 41.6 Å². The molecule has 1 aromatic carbocycles. The SMILES string of the molecule is CCCN(CCNCc1cccc(Cl)c1F)C(=O)OC(C)(C)C. The maximum absolute atomic E-state index is 13.8. The molecule has 0 saturated carbocycles. The third-order valence-electron chi connectivity index (χ3n) is 3.05. The molecule has 6 heteroatoms. The summed E-state index contributed by atoms with van der Waals surface area (Å²) in [7, 11) is 0. The summed E-state index contributed by atoms with van der Waals surface area (Å²) in [5.74, 6) is -0.403. The summed E-state index contributed by atoms with van der Waals surface area (Å²) in [5.41, 5.74) is -0.00254. The number of benzene rings is 1. The van der Waals surface area contributed by atoms with Gasteiger partial charge in [-0.15, -0.1) is 0 Å². The normalized spacial score (nSPS) is 11.4. The number of rotatable bonds is 7. The Morgan fingerprint density at radius 2 is 2.04 bits per heavy atom. The molecule has 4 nitrogen and oxygen atoms in total. The van der Waals surface area contributed by atoms with Gasteiger partial charge in [0, 0.05) is 31.7 Å². The van der Waals surface area contributed by atoms with Crippen LogP contribution in [0.3, 0.4) is 0 Å². The quantitative estimate of drug-likeness (QED) is 0.753. The highest BCUT2D eigenvalue weighted by molar-refractivity contribution is 6.30. The van der Waals surface area contributed by atoms with E-state index in [2.05, 4.69) is 5.32 Å². The minimum atomic E-state index is -0.513. The Morgan fingerprint density at radius 3 is 2.65 bits per heavy atom. The van der Waals surface area contributed by atoms with Crippen molar-refractivity contribution in [3.05, 3.63) is 34.6 Å².